The summed E-state index contributed by atoms with van der Waals surface area (Å²) in [6.07, 6.45) is 0. The van der Waals surface area contributed by atoms with Gasteiger partial charge in [-0.25, -0.2) is 4.98 Å². The van der Waals surface area contributed by atoms with Crippen LogP contribution < -0.4 is 10.6 Å². The molecule has 1 aromatic carbocycles. The number of nitrogens with zero attached hydrogens (tertiary/aromatic N) is 1. The molecule has 0 fully saturated rings. The number of thioether (sulfide) groups is 1. The van der Waals surface area contributed by atoms with Crippen molar-refractivity contribution in [3.63, 3.8) is 0 Å². The summed E-state index contributed by atoms with van der Waals surface area (Å²) in [5.74, 6) is 0.537. The van der Waals surface area contributed by atoms with Gasteiger partial charge < -0.3 is 10.6 Å². The predicted molar refractivity (Wildman–Crippen MR) is 85.1 cm³/mol. The molecule has 0 radical (unpaired) electrons. The van der Waals surface area contributed by atoms with Crippen molar-refractivity contribution in [2.45, 2.75) is 11.4 Å². The van der Waals surface area contributed by atoms with Crippen molar-refractivity contribution in [2.75, 3.05) is 16.4 Å². The minimum atomic E-state index is 0.0494. The highest BCUT2D eigenvalue weighted by molar-refractivity contribution is 9.10. The van der Waals surface area contributed by atoms with E-state index >= 15 is 0 Å². The quantitative estimate of drug-likeness (QED) is 0.832. The van der Waals surface area contributed by atoms with Crippen LogP contribution in [-0.2, 0) is 11.3 Å². The third-order valence-electron chi connectivity index (χ3n) is 2.86. The SMILES string of the molecule is O=C1CSc2ccc(NCc3cccc(Br)n3)cc2N1. The minimum Gasteiger partial charge on any atom is -0.379 e. The number of hydrogen-bond acceptors (Lipinski definition) is 4. The lowest BCUT2D eigenvalue weighted by atomic mass is 10.2. The average Bonchev–Trinajstić information content (AvgIpc) is 2.45. The number of nitrogens with one attached hydrogen (secondary N) is 2. The van der Waals surface area contributed by atoms with E-state index in [1.807, 2.05) is 36.4 Å². The van der Waals surface area contributed by atoms with Crippen LogP contribution in [0, 0.1) is 0 Å². The minimum absolute atomic E-state index is 0.0494. The maximum Gasteiger partial charge on any atom is 0.234 e. The molecule has 4 nitrogen and oxygen atoms in total. The smallest absolute Gasteiger partial charge is 0.234 e. The van der Waals surface area contributed by atoms with Crippen LogP contribution >= 0.6 is 27.7 Å². The lowest BCUT2D eigenvalue weighted by Crippen LogP contribution is -2.18. The summed E-state index contributed by atoms with van der Waals surface area (Å²) in [6.45, 7) is 0.638. The molecular weight excluding hydrogens is 338 g/mol. The normalized spacial score (nSPS) is 13.6. The number of aromatic nitrogens is 1. The molecule has 3 rings (SSSR count). The topological polar surface area (TPSA) is 54.0 Å². The molecule has 6 heteroatoms. The van der Waals surface area contributed by atoms with E-state index in [1.165, 1.54) is 0 Å². The predicted octanol–water partition coefficient (Wildman–Crippen LogP) is 3.50. The molecule has 0 aliphatic carbocycles. The standard InChI is InChI=1S/C14H12BrN3OS/c15-13-3-1-2-10(17-13)7-16-9-4-5-12-11(6-9)18-14(19)8-20-12/h1-6,16H,7-8H2,(H,18,19). The Morgan fingerprint density at radius 2 is 2.25 bits per heavy atom. The number of fused-ring (bicyclic) bond motifs is 1. The van der Waals surface area contributed by atoms with Crippen molar-refractivity contribution in [3.8, 4) is 0 Å². The van der Waals surface area contributed by atoms with E-state index in [2.05, 4.69) is 31.5 Å². The van der Waals surface area contributed by atoms with E-state index in [4.69, 9.17) is 0 Å². The molecule has 0 atom stereocenters. The number of carbonyl (C=O) groups excluding carboxylic acids is 1. The number of pyridine rings is 1. The molecule has 1 amide bonds. The average molecular weight is 350 g/mol. The van der Waals surface area contributed by atoms with E-state index in [-0.39, 0.29) is 5.91 Å². The Morgan fingerprint density at radius 3 is 3.10 bits per heavy atom. The summed E-state index contributed by atoms with van der Waals surface area (Å²) in [6, 6.07) is 11.8. The first-order chi connectivity index (χ1) is 9.70. The second kappa shape index (κ2) is 5.85. The molecule has 102 valence electrons. The zero-order valence-electron chi connectivity index (χ0n) is 10.5. The Balaban J connectivity index is 1.72. The van der Waals surface area contributed by atoms with Gasteiger partial charge in [0.2, 0.25) is 5.91 Å². The van der Waals surface area contributed by atoms with Crippen LogP contribution in [0.15, 0.2) is 45.9 Å². The van der Waals surface area contributed by atoms with Crippen LogP contribution in [0.2, 0.25) is 0 Å². The van der Waals surface area contributed by atoms with E-state index < -0.39 is 0 Å². The number of rotatable bonds is 3. The van der Waals surface area contributed by atoms with Crippen LogP contribution in [0.25, 0.3) is 0 Å². The molecule has 0 bridgehead atoms. The number of amides is 1. The fourth-order valence-corrected chi connectivity index (χ4v) is 3.10. The molecule has 0 saturated carbocycles. The second-order valence-electron chi connectivity index (χ2n) is 4.35. The highest BCUT2D eigenvalue weighted by atomic mass is 79.9. The molecule has 2 heterocycles. The number of carbonyl (C=O) groups is 1. The summed E-state index contributed by atoms with van der Waals surface area (Å²) in [5.41, 5.74) is 2.79. The van der Waals surface area contributed by atoms with Crippen LogP contribution in [0.5, 0.6) is 0 Å². The maximum atomic E-state index is 11.4. The molecule has 1 aliphatic heterocycles. The second-order valence-corrected chi connectivity index (χ2v) is 6.18. The highest BCUT2D eigenvalue weighted by Crippen LogP contribution is 2.33. The van der Waals surface area contributed by atoms with Gasteiger partial charge in [-0.05, 0) is 46.3 Å². The van der Waals surface area contributed by atoms with Gasteiger partial charge in [0.05, 0.1) is 23.7 Å². The number of halogens is 1. The molecule has 2 aromatic rings. The number of benzene rings is 1. The van der Waals surface area contributed by atoms with Gasteiger partial charge >= 0.3 is 0 Å². The Hall–Kier alpha value is -1.53. The van der Waals surface area contributed by atoms with Gasteiger partial charge in [0.1, 0.15) is 4.60 Å². The third-order valence-corrected chi connectivity index (χ3v) is 4.37. The number of anilines is 2. The van der Waals surface area contributed by atoms with Crippen LogP contribution in [0.4, 0.5) is 11.4 Å². The molecule has 2 N–H and O–H groups in total. The zero-order chi connectivity index (χ0) is 13.9. The number of hydrogen-bond donors (Lipinski definition) is 2. The van der Waals surface area contributed by atoms with Crippen molar-refractivity contribution in [3.05, 3.63) is 46.7 Å². The maximum absolute atomic E-state index is 11.4. The summed E-state index contributed by atoms with van der Waals surface area (Å²) in [4.78, 5) is 16.9. The fraction of sp³-hybridized carbons (Fsp3) is 0.143. The molecule has 0 saturated heterocycles. The van der Waals surface area contributed by atoms with Crippen molar-refractivity contribution < 1.29 is 4.79 Å². The molecule has 0 spiro atoms. The van der Waals surface area contributed by atoms with E-state index in [0.717, 1.165) is 26.6 Å². The Kier molecular flexibility index (Phi) is 3.93. The lowest BCUT2D eigenvalue weighted by Gasteiger charge is -2.17. The summed E-state index contributed by atoms with van der Waals surface area (Å²) in [7, 11) is 0. The first-order valence-corrected chi connectivity index (χ1v) is 7.90. The van der Waals surface area contributed by atoms with Gasteiger partial charge in [-0.1, -0.05) is 6.07 Å². The molecule has 1 aromatic heterocycles. The largest absolute Gasteiger partial charge is 0.379 e. The van der Waals surface area contributed by atoms with Gasteiger partial charge in [-0.3, -0.25) is 4.79 Å². The van der Waals surface area contributed by atoms with Crippen LogP contribution in [0.1, 0.15) is 5.69 Å². The summed E-state index contributed by atoms with van der Waals surface area (Å²) in [5, 5.41) is 6.19. The van der Waals surface area contributed by atoms with Gasteiger partial charge in [0.15, 0.2) is 0 Å². The Labute approximate surface area is 129 Å². The zero-order valence-corrected chi connectivity index (χ0v) is 12.9. The fourth-order valence-electron chi connectivity index (χ4n) is 1.93. The first-order valence-electron chi connectivity index (χ1n) is 6.13. The van der Waals surface area contributed by atoms with Gasteiger partial charge in [0.25, 0.3) is 0 Å². The lowest BCUT2D eigenvalue weighted by molar-refractivity contribution is -0.113. The van der Waals surface area contributed by atoms with Crippen LogP contribution in [0.3, 0.4) is 0 Å². The Bertz CT molecular complexity index is 663. The molecule has 1 aliphatic rings. The van der Waals surface area contributed by atoms with E-state index in [0.29, 0.717) is 12.3 Å². The summed E-state index contributed by atoms with van der Waals surface area (Å²) < 4.78 is 0.825. The van der Waals surface area contributed by atoms with Crippen molar-refractivity contribution in [2.24, 2.45) is 0 Å². The summed E-state index contributed by atoms with van der Waals surface area (Å²) >= 11 is 4.92. The van der Waals surface area contributed by atoms with E-state index in [9.17, 15) is 4.79 Å². The van der Waals surface area contributed by atoms with Gasteiger partial charge in [-0.2, -0.15) is 0 Å². The van der Waals surface area contributed by atoms with E-state index in [1.54, 1.807) is 11.8 Å². The Morgan fingerprint density at radius 1 is 1.35 bits per heavy atom. The van der Waals surface area contributed by atoms with Crippen molar-refractivity contribution in [1.29, 1.82) is 0 Å². The van der Waals surface area contributed by atoms with Crippen molar-refractivity contribution >= 4 is 45.0 Å². The van der Waals surface area contributed by atoms with Crippen LogP contribution in [-0.4, -0.2) is 16.6 Å². The molecular formula is C14H12BrN3OS. The highest BCUT2D eigenvalue weighted by Gasteiger charge is 2.15. The van der Waals surface area contributed by atoms with Crippen molar-refractivity contribution in [1.82, 2.24) is 4.98 Å². The molecule has 20 heavy (non-hydrogen) atoms. The third kappa shape index (κ3) is 3.13. The van der Waals surface area contributed by atoms with Gasteiger partial charge in [-0.15, -0.1) is 11.8 Å². The molecule has 0 unspecified atom stereocenters. The first kappa shape index (κ1) is 13.5. The monoisotopic (exact) mass is 349 g/mol. The van der Waals surface area contributed by atoms with Gasteiger partial charge in [0, 0.05) is 10.6 Å².